The third-order valence-electron chi connectivity index (χ3n) is 3.87. The number of allylic oxidation sites excluding steroid dienone is 2. The standard InChI is InChI=1S/C14H22O/c15-14-9-5-4-8-13(14)11-10-12-6-2-1-3-7-12/h10-13H,1-9H2/b11-10+. The van der Waals surface area contributed by atoms with Crippen LogP contribution in [-0.2, 0) is 4.79 Å². The molecule has 2 fully saturated rings. The van der Waals surface area contributed by atoms with Crippen LogP contribution in [0.3, 0.4) is 0 Å². The van der Waals surface area contributed by atoms with Gasteiger partial charge in [-0.05, 0) is 31.6 Å². The molecule has 0 aromatic heterocycles. The number of carbonyl (C=O) groups is 1. The maximum Gasteiger partial charge on any atom is 0.139 e. The van der Waals surface area contributed by atoms with Crippen molar-refractivity contribution in [3.05, 3.63) is 12.2 Å². The zero-order valence-corrected chi connectivity index (χ0v) is 9.58. The normalized spacial score (nSPS) is 29.9. The second kappa shape index (κ2) is 5.48. The molecular weight excluding hydrogens is 184 g/mol. The monoisotopic (exact) mass is 206 g/mol. The van der Waals surface area contributed by atoms with E-state index in [0.29, 0.717) is 5.78 Å². The first-order chi connectivity index (χ1) is 7.36. The van der Waals surface area contributed by atoms with Gasteiger partial charge in [0.15, 0.2) is 0 Å². The molecule has 1 atom stereocenters. The first-order valence-electron chi connectivity index (χ1n) is 6.57. The molecule has 0 amide bonds. The third kappa shape index (κ3) is 3.19. The molecule has 0 heterocycles. The summed E-state index contributed by atoms with van der Waals surface area (Å²) in [6.45, 7) is 0. The van der Waals surface area contributed by atoms with Crippen molar-refractivity contribution in [3.63, 3.8) is 0 Å². The molecule has 2 aliphatic carbocycles. The Morgan fingerprint density at radius 3 is 2.33 bits per heavy atom. The Morgan fingerprint density at radius 1 is 0.867 bits per heavy atom. The molecule has 1 heteroatoms. The quantitative estimate of drug-likeness (QED) is 0.627. The first kappa shape index (κ1) is 10.9. The molecule has 15 heavy (non-hydrogen) atoms. The molecule has 1 nitrogen and oxygen atoms in total. The van der Waals surface area contributed by atoms with Crippen molar-refractivity contribution in [2.45, 2.75) is 57.8 Å². The summed E-state index contributed by atoms with van der Waals surface area (Å²) in [5.74, 6) is 1.52. The Balaban J connectivity index is 1.83. The Kier molecular flexibility index (Phi) is 3.99. The number of ketones is 1. The molecule has 2 aliphatic rings. The second-order valence-electron chi connectivity index (χ2n) is 5.10. The van der Waals surface area contributed by atoms with Gasteiger partial charge in [-0.2, -0.15) is 0 Å². The van der Waals surface area contributed by atoms with Crippen molar-refractivity contribution in [3.8, 4) is 0 Å². The summed E-state index contributed by atoms with van der Waals surface area (Å²) in [4.78, 5) is 11.6. The fourth-order valence-corrected chi connectivity index (χ4v) is 2.83. The Hall–Kier alpha value is -0.590. The summed E-state index contributed by atoms with van der Waals surface area (Å²) in [5, 5.41) is 0. The molecule has 2 rings (SSSR count). The van der Waals surface area contributed by atoms with Gasteiger partial charge in [-0.25, -0.2) is 0 Å². The lowest BCUT2D eigenvalue weighted by atomic mass is 9.84. The summed E-state index contributed by atoms with van der Waals surface area (Å²) < 4.78 is 0. The fraction of sp³-hybridized carbons (Fsp3) is 0.786. The molecule has 0 aromatic rings. The van der Waals surface area contributed by atoms with E-state index in [4.69, 9.17) is 0 Å². The van der Waals surface area contributed by atoms with Gasteiger partial charge < -0.3 is 0 Å². The lowest BCUT2D eigenvalue weighted by Gasteiger charge is -2.20. The van der Waals surface area contributed by atoms with Crippen molar-refractivity contribution in [2.75, 3.05) is 0 Å². The molecule has 0 saturated heterocycles. The van der Waals surface area contributed by atoms with Crippen LogP contribution in [0.25, 0.3) is 0 Å². The van der Waals surface area contributed by atoms with Crippen LogP contribution in [0.4, 0.5) is 0 Å². The summed E-state index contributed by atoms with van der Waals surface area (Å²) in [6, 6.07) is 0. The van der Waals surface area contributed by atoms with Gasteiger partial charge in [-0.15, -0.1) is 0 Å². The van der Waals surface area contributed by atoms with E-state index in [1.807, 2.05) is 0 Å². The van der Waals surface area contributed by atoms with E-state index in [-0.39, 0.29) is 5.92 Å². The van der Waals surface area contributed by atoms with Gasteiger partial charge in [0, 0.05) is 12.3 Å². The zero-order chi connectivity index (χ0) is 10.5. The number of Topliss-reactive ketones (excluding diaryl/α,β-unsaturated/α-hetero) is 1. The van der Waals surface area contributed by atoms with E-state index in [1.165, 1.54) is 38.5 Å². The number of rotatable bonds is 2. The average Bonchev–Trinajstić information content (AvgIpc) is 2.29. The van der Waals surface area contributed by atoms with Crippen molar-refractivity contribution in [2.24, 2.45) is 11.8 Å². The summed E-state index contributed by atoms with van der Waals surface area (Å²) in [5.41, 5.74) is 0. The van der Waals surface area contributed by atoms with Crippen LogP contribution in [0.5, 0.6) is 0 Å². The van der Waals surface area contributed by atoms with Crippen LogP contribution >= 0.6 is 0 Å². The minimum Gasteiger partial charge on any atom is -0.299 e. The zero-order valence-electron chi connectivity index (χ0n) is 9.58. The minimum atomic E-state index is 0.265. The van der Waals surface area contributed by atoms with Gasteiger partial charge in [-0.1, -0.05) is 37.8 Å². The van der Waals surface area contributed by atoms with Gasteiger partial charge in [-0.3, -0.25) is 4.79 Å². The Labute approximate surface area is 92.9 Å². The SMILES string of the molecule is O=C1CCCCC1/C=C/C1CCCCC1. The van der Waals surface area contributed by atoms with Crippen molar-refractivity contribution < 1.29 is 4.79 Å². The number of hydrogen-bond acceptors (Lipinski definition) is 1. The van der Waals surface area contributed by atoms with Gasteiger partial charge in [0.05, 0.1) is 0 Å². The largest absolute Gasteiger partial charge is 0.299 e. The molecule has 84 valence electrons. The van der Waals surface area contributed by atoms with Crippen LogP contribution in [0.2, 0.25) is 0 Å². The molecule has 1 unspecified atom stereocenters. The average molecular weight is 206 g/mol. The highest BCUT2D eigenvalue weighted by Crippen LogP contribution is 2.27. The Bertz CT molecular complexity index is 236. The highest BCUT2D eigenvalue weighted by molar-refractivity contribution is 5.83. The fourth-order valence-electron chi connectivity index (χ4n) is 2.83. The molecule has 0 radical (unpaired) electrons. The maximum atomic E-state index is 11.6. The predicted octanol–water partition coefficient (Wildman–Crippen LogP) is 3.88. The highest BCUT2D eigenvalue weighted by atomic mass is 16.1. The molecule has 0 aromatic carbocycles. The van der Waals surface area contributed by atoms with Gasteiger partial charge in [0.1, 0.15) is 5.78 Å². The van der Waals surface area contributed by atoms with E-state index in [1.54, 1.807) is 0 Å². The number of hydrogen-bond donors (Lipinski definition) is 0. The maximum absolute atomic E-state index is 11.6. The predicted molar refractivity (Wildman–Crippen MR) is 62.7 cm³/mol. The second-order valence-corrected chi connectivity index (χ2v) is 5.10. The van der Waals surface area contributed by atoms with E-state index in [2.05, 4.69) is 12.2 Å². The lowest BCUT2D eigenvalue weighted by molar-refractivity contribution is -0.122. The number of carbonyl (C=O) groups excluding carboxylic acids is 1. The van der Waals surface area contributed by atoms with Crippen molar-refractivity contribution in [1.29, 1.82) is 0 Å². The van der Waals surface area contributed by atoms with Gasteiger partial charge in [0.25, 0.3) is 0 Å². The molecule has 0 N–H and O–H groups in total. The minimum absolute atomic E-state index is 0.265. The highest BCUT2D eigenvalue weighted by Gasteiger charge is 2.20. The summed E-state index contributed by atoms with van der Waals surface area (Å²) >= 11 is 0. The van der Waals surface area contributed by atoms with Gasteiger partial charge in [0.2, 0.25) is 0 Å². The smallest absolute Gasteiger partial charge is 0.139 e. The third-order valence-corrected chi connectivity index (χ3v) is 3.87. The van der Waals surface area contributed by atoms with Crippen LogP contribution in [0.15, 0.2) is 12.2 Å². The van der Waals surface area contributed by atoms with Crippen LogP contribution in [0.1, 0.15) is 57.8 Å². The lowest BCUT2D eigenvalue weighted by Crippen LogP contribution is -2.17. The summed E-state index contributed by atoms with van der Waals surface area (Å²) in [7, 11) is 0. The van der Waals surface area contributed by atoms with Crippen LogP contribution in [0, 0.1) is 11.8 Å². The van der Waals surface area contributed by atoms with E-state index in [9.17, 15) is 4.79 Å². The first-order valence-corrected chi connectivity index (χ1v) is 6.57. The molecule has 2 saturated carbocycles. The van der Waals surface area contributed by atoms with Crippen molar-refractivity contribution >= 4 is 5.78 Å². The molecular formula is C14H22O. The molecule has 0 aliphatic heterocycles. The van der Waals surface area contributed by atoms with E-state index >= 15 is 0 Å². The van der Waals surface area contributed by atoms with Crippen LogP contribution < -0.4 is 0 Å². The van der Waals surface area contributed by atoms with E-state index < -0.39 is 0 Å². The summed E-state index contributed by atoms with van der Waals surface area (Å²) in [6.07, 6.45) is 15.7. The van der Waals surface area contributed by atoms with Crippen molar-refractivity contribution in [1.82, 2.24) is 0 Å². The molecule has 0 spiro atoms. The van der Waals surface area contributed by atoms with Crippen LogP contribution in [-0.4, -0.2) is 5.78 Å². The Morgan fingerprint density at radius 2 is 1.60 bits per heavy atom. The van der Waals surface area contributed by atoms with Gasteiger partial charge >= 0.3 is 0 Å². The topological polar surface area (TPSA) is 17.1 Å². The van der Waals surface area contributed by atoms with E-state index in [0.717, 1.165) is 25.2 Å². The molecule has 0 bridgehead atoms.